The number of alkyl halides is 9. The van der Waals surface area contributed by atoms with Gasteiger partial charge >= 0.3 is 42.3 Å². The molecule has 7 N–H and O–H groups in total. The van der Waals surface area contributed by atoms with Crippen molar-refractivity contribution in [2.45, 2.75) is 51.4 Å². The predicted molar refractivity (Wildman–Crippen MR) is 205 cm³/mol. The Labute approximate surface area is 349 Å². The van der Waals surface area contributed by atoms with E-state index in [1.165, 1.54) is 47.0 Å². The number of hydrogen-bond donors (Lipinski definition) is 6. The minimum atomic E-state index is -5.18. The van der Waals surface area contributed by atoms with Crippen LogP contribution in [0, 0.1) is 5.82 Å². The smallest absolute Gasteiger partial charge is 0.444 e. The molecule has 0 bridgehead atoms. The van der Waals surface area contributed by atoms with Crippen molar-refractivity contribution in [2.24, 2.45) is 0 Å². The maximum Gasteiger partial charge on any atom is 0.471 e. The highest BCUT2D eigenvalue weighted by Crippen LogP contribution is 2.27. The Morgan fingerprint density at radius 3 is 1.43 bits per heavy atom. The summed E-state index contributed by atoms with van der Waals surface area (Å²) in [5, 5.41) is 9.57. The van der Waals surface area contributed by atoms with Gasteiger partial charge in [0.15, 0.2) is 0 Å². The molecule has 0 atom stereocenters. The van der Waals surface area contributed by atoms with E-state index in [0.29, 0.717) is 18.3 Å². The Morgan fingerprint density at radius 1 is 0.590 bits per heavy atom. The number of nitrogen functional groups attached to an aromatic ring is 1. The van der Waals surface area contributed by atoms with Crippen LogP contribution in [0.4, 0.5) is 77.1 Å². The zero-order chi connectivity index (χ0) is 46.5. The zero-order valence-corrected chi connectivity index (χ0v) is 32.9. The fraction of sp³-hybridized carbons (Fsp3) is 0.216. The van der Waals surface area contributed by atoms with Crippen molar-refractivity contribution >= 4 is 81.4 Å². The topological polar surface area (TPSA) is 181 Å². The van der Waals surface area contributed by atoms with Gasteiger partial charge in [-0.1, -0.05) is 47.5 Å². The Kier molecular flexibility index (Phi) is 17.8. The third-order valence-electron chi connectivity index (χ3n) is 6.53. The molecular formula is C37H32Cl2F10N6O6. The Hall–Kier alpha value is -6.29. The molecule has 0 saturated heterocycles. The summed E-state index contributed by atoms with van der Waals surface area (Å²) in [5.74, 6) is -7.82. The third-order valence-corrected chi connectivity index (χ3v) is 6.97. The molecule has 12 nitrogen and oxygen atoms in total. The van der Waals surface area contributed by atoms with E-state index in [4.69, 9.17) is 33.7 Å². The molecule has 0 aliphatic heterocycles. The number of halogens is 12. The van der Waals surface area contributed by atoms with Crippen molar-refractivity contribution in [3.05, 3.63) is 112 Å². The minimum absolute atomic E-state index is 0.0156. The van der Waals surface area contributed by atoms with E-state index in [9.17, 15) is 67.9 Å². The van der Waals surface area contributed by atoms with Crippen LogP contribution < -0.4 is 32.3 Å². The summed E-state index contributed by atoms with van der Waals surface area (Å²) >= 11 is 11.0. The Morgan fingerprint density at radius 2 is 1.02 bits per heavy atom. The van der Waals surface area contributed by atoms with Crippen LogP contribution in [0.2, 0.25) is 10.0 Å². The van der Waals surface area contributed by atoms with E-state index in [1.54, 1.807) is 56.4 Å². The second-order valence-corrected chi connectivity index (χ2v) is 13.7. The summed E-state index contributed by atoms with van der Waals surface area (Å²) in [6.07, 6.45) is -15.8. The van der Waals surface area contributed by atoms with E-state index in [-0.39, 0.29) is 27.0 Å². The van der Waals surface area contributed by atoms with Crippen LogP contribution in [0.25, 0.3) is 0 Å². The van der Waals surface area contributed by atoms with Gasteiger partial charge in [-0.05, 0) is 87.0 Å². The fourth-order valence-electron chi connectivity index (χ4n) is 4.06. The van der Waals surface area contributed by atoms with Crippen molar-refractivity contribution in [1.29, 1.82) is 0 Å². The average Bonchev–Trinajstić information content (AvgIpc) is 3.09. The van der Waals surface area contributed by atoms with Crippen molar-refractivity contribution in [3.63, 3.8) is 0 Å². The molecule has 0 unspecified atom stereocenters. The lowest BCUT2D eigenvalue weighted by Gasteiger charge is -2.19. The Bertz CT molecular complexity index is 2130. The zero-order valence-electron chi connectivity index (χ0n) is 31.4. The number of anilines is 5. The van der Waals surface area contributed by atoms with E-state index in [0.717, 1.165) is 17.7 Å². The van der Waals surface area contributed by atoms with Gasteiger partial charge in [-0.15, -0.1) is 0 Å². The largest absolute Gasteiger partial charge is 0.471 e. The normalized spacial score (nSPS) is 11.3. The van der Waals surface area contributed by atoms with Gasteiger partial charge in [-0.3, -0.25) is 19.2 Å². The third kappa shape index (κ3) is 19.1. The lowest BCUT2D eigenvalue weighted by Crippen LogP contribution is -2.32. The first kappa shape index (κ1) is 50.9. The fourth-order valence-corrected chi connectivity index (χ4v) is 4.54. The number of amides is 5. The van der Waals surface area contributed by atoms with Crippen LogP contribution in [0.15, 0.2) is 84.9 Å². The quantitative estimate of drug-likeness (QED) is 0.0789. The molecule has 330 valence electrons. The van der Waals surface area contributed by atoms with Crippen LogP contribution in [-0.2, 0) is 25.7 Å². The molecule has 4 aromatic carbocycles. The predicted octanol–water partition coefficient (Wildman–Crippen LogP) is 9.87. The highest BCUT2D eigenvalue weighted by molar-refractivity contribution is 6.31. The molecule has 0 aliphatic rings. The second kappa shape index (κ2) is 21.3. The lowest BCUT2D eigenvalue weighted by atomic mass is 10.1. The molecule has 5 amide bonds. The first-order chi connectivity index (χ1) is 27.9. The minimum Gasteiger partial charge on any atom is -0.444 e. The first-order valence-electron chi connectivity index (χ1n) is 16.6. The summed E-state index contributed by atoms with van der Waals surface area (Å²) in [4.78, 5) is 55.6. The molecule has 0 spiro atoms. The molecule has 0 radical (unpaired) electrons. The monoisotopic (exact) mass is 916 g/mol. The van der Waals surface area contributed by atoms with Crippen LogP contribution >= 0.6 is 23.2 Å². The summed E-state index contributed by atoms with van der Waals surface area (Å²) < 4.78 is 127. The van der Waals surface area contributed by atoms with Gasteiger partial charge in [-0.25, -0.2) is 9.18 Å². The summed E-state index contributed by atoms with van der Waals surface area (Å²) in [6, 6.07) is 18.8. The van der Waals surface area contributed by atoms with Gasteiger partial charge in [0.2, 0.25) is 0 Å². The van der Waals surface area contributed by atoms with E-state index >= 15 is 0 Å². The van der Waals surface area contributed by atoms with Gasteiger partial charge < -0.3 is 37.1 Å². The van der Waals surface area contributed by atoms with Gasteiger partial charge in [0.1, 0.15) is 11.4 Å². The maximum atomic E-state index is 13.6. The number of ether oxygens (including phenoxy) is 1. The molecule has 4 rings (SSSR count). The number of alkyl carbamates (subject to hydrolysis) is 1. The lowest BCUT2D eigenvalue weighted by molar-refractivity contribution is -0.167. The van der Waals surface area contributed by atoms with Gasteiger partial charge in [0, 0.05) is 45.0 Å². The number of rotatable bonds is 7. The number of carbonyl (C=O) groups excluding carboxylic acids is 5. The van der Waals surface area contributed by atoms with Crippen molar-refractivity contribution in [3.8, 4) is 0 Å². The standard InChI is InChI=1S/C19H21FN2O3.C10H5ClF6N2O2.C8H6ClF3N2O/c1-19(2,3)25-18(24)21-12-13-8-10-14(11-9-13)22-17(23)15-6-4-5-7-16(15)20;11-4-1-5(18-7(20)9(12,13)14)3-6(2-4)19-8(21)10(15,16)17;9-4-1-5(13)3-6(2-4)14-7(15)8(10,11)12/h4-11H,12H2,1-3H3,(H,21,24)(H,22,23);1-3H,(H,18,20)(H,19,21);1-3H,13H2,(H,14,15). The van der Waals surface area contributed by atoms with E-state index in [1.807, 2.05) is 0 Å². The van der Waals surface area contributed by atoms with Crippen molar-refractivity contribution < 1.29 is 72.6 Å². The number of benzene rings is 4. The molecule has 4 aromatic rings. The maximum absolute atomic E-state index is 13.6. The van der Waals surface area contributed by atoms with Gasteiger partial charge in [0.25, 0.3) is 5.91 Å². The molecule has 0 aromatic heterocycles. The molecule has 0 fully saturated rings. The first-order valence-corrected chi connectivity index (χ1v) is 17.3. The molecule has 24 heteroatoms. The number of hydrogen-bond acceptors (Lipinski definition) is 7. The van der Waals surface area contributed by atoms with Crippen LogP contribution in [0.3, 0.4) is 0 Å². The van der Waals surface area contributed by atoms with Crippen LogP contribution in [-0.4, -0.2) is 53.9 Å². The molecule has 61 heavy (non-hydrogen) atoms. The van der Waals surface area contributed by atoms with Crippen molar-refractivity contribution in [1.82, 2.24) is 5.32 Å². The SMILES string of the molecule is CC(C)(C)OC(=O)NCc1ccc(NC(=O)c2ccccc2F)cc1.Nc1cc(Cl)cc(NC(=O)C(F)(F)F)c1.O=C(Nc1cc(Cl)cc(NC(=O)C(F)(F)F)c1)C(F)(F)F. The molecule has 0 aliphatic carbocycles. The van der Waals surface area contributed by atoms with E-state index in [2.05, 4.69) is 10.6 Å². The molecule has 0 heterocycles. The van der Waals surface area contributed by atoms with E-state index < -0.39 is 71.0 Å². The number of nitrogens with two attached hydrogens (primary N) is 1. The van der Waals surface area contributed by atoms with Crippen LogP contribution in [0.5, 0.6) is 0 Å². The summed E-state index contributed by atoms with van der Waals surface area (Å²) in [6.45, 7) is 5.68. The van der Waals surface area contributed by atoms with Gasteiger partial charge in [0.05, 0.1) is 5.56 Å². The van der Waals surface area contributed by atoms with Gasteiger partial charge in [-0.2, -0.15) is 39.5 Å². The summed E-state index contributed by atoms with van der Waals surface area (Å²) in [7, 11) is 0. The average molecular weight is 918 g/mol. The van der Waals surface area contributed by atoms with Crippen molar-refractivity contribution in [2.75, 3.05) is 27.0 Å². The molecule has 0 saturated carbocycles. The molecular weight excluding hydrogens is 885 g/mol. The number of carbonyl (C=O) groups is 5. The summed E-state index contributed by atoms with van der Waals surface area (Å²) in [5.41, 5.74) is 5.16. The highest BCUT2D eigenvalue weighted by Gasteiger charge is 2.40. The van der Waals surface area contributed by atoms with Crippen LogP contribution in [0.1, 0.15) is 36.7 Å². The number of nitrogens with one attached hydrogen (secondary N) is 5. The Balaban J connectivity index is 0.000000325. The highest BCUT2D eigenvalue weighted by atomic mass is 35.5. The second-order valence-electron chi connectivity index (χ2n) is 12.8.